The number of nitrogens with zero attached hydrogens (tertiary/aromatic N) is 1. The van der Waals surface area contributed by atoms with Crippen LogP contribution < -0.4 is 14.8 Å². The van der Waals surface area contributed by atoms with E-state index in [0.29, 0.717) is 44.0 Å². The highest BCUT2D eigenvalue weighted by atomic mass is 16.5. The lowest BCUT2D eigenvalue weighted by molar-refractivity contribution is -0.149. The molecule has 1 aromatic carbocycles. The van der Waals surface area contributed by atoms with Crippen molar-refractivity contribution in [2.45, 2.75) is 32.7 Å². The van der Waals surface area contributed by atoms with Crippen molar-refractivity contribution in [2.75, 3.05) is 33.9 Å². The third kappa shape index (κ3) is 4.80. The summed E-state index contributed by atoms with van der Waals surface area (Å²) in [5.74, 6) is 1.12. The molecule has 1 aromatic rings. The van der Waals surface area contributed by atoms with Crippen molar-refractivity contribution in [3.8, 4) is 11.5 Å². The molecule has 0 bridgehead atoms. The van der Waals surface area contributed by atoms with Gasteiger partial charge >= 0.3 is 12.0 Å². The van der Waals surface area contributed by atoms with E-state index in [2.05, 4.69) is 5.32 Å². The Labute approximate surface area is 154 Å². The van der Waals surface area contributed by atoms with Crippen LogP contribution in [0.2, 0.25) is 0 Å². The summed E-state index contributed by atoms with van der Waals surface area (Å²) in [5.41, 5.74) is 0.849. The van der Waals surface area contributed by atoms with E-state index in [-0.39, 0.29) is 24.0 Å². The summed E-state index contributed by atoms with van der Waals surface area (Å²) < 4.78 is 15.7. The first-order chi connectivity index (χ1) is 12.5. The number of urea groups is 1. The lowest BCUT2D eigenvalue weighted by Gasteiger charge is -2.32. The fourth-order valence-electron chi connectivity index (χ4n) is 3.11. The van der Waals surface area contributed by atoms with Gasteiger partial charge < -0.3 is 24.4 Å². The Morgan fingerprint density at radius 3 is 2.50 bits per heavy atom. The monoisotopic (exact) mass is 364 g/mol. The molecule has 1 N–H and O–H groups in total. The molecule has 7 heteroatoms. The molecule has 2 rings (SSSR count). The number of ether oxygens (including phenoxy) is 3. The van der Waals surface area contributed by atoms with Gasteiger partial charge in [0.05, 0.1) is 32.8 Å². The number of carbonyl (C=O) groups excluding carboxylic acids is 2. The van der Waals surface area contributed by atoms with Crippen LogP contribution in [-0.4, -0.2) is 50.8 Å². The first kappa shape index (κ1) is 19.9. The standard InChI is InChI=1S/C19H28N2O5/c1-5-26-18(22)14-8-10-21(11-9-14)19(23)20-13(2)16-12-15(24-3)6-7-17(16)25-4/h6-7,12-14H,5,8-11H2,1-4H3,(H,20,23). The van der Waals surface area contributed by atoms with Crippen LogP contribution in [0.5, 0.6) is 11.5 Å². The van der Waals surface area contributed by atoms with Crippen molar-refractivity contribution in [3.05, 3.63) is 23.8 Å². The van der Waals surface area contributed by atoms with E-state index in [1.807, 2.05) is 25.1 Å². The molecule has 1 unspecified atom stereocenters. The van der Waals surface area contributed by atoms with Gasteiger partial charge in [0.1, 0.15) is 11.5 Å². The molecular weight excluding hydrogens is 336 g/mol. The molecule has 1 atom stereocenters. The number of carbonyl (C=O) groups is 2. The molecular formula is C19H28N2O5. The Morgan fingerprint density at radius 2 is 1.92 bits per heavy atom. The van der Waals surface area contributed by atoms with Gasteiger partial charge in [0.2, 0.25) is 0 Å². The normalized spacial score (nSPS) is 15.9. The minimum atomic E-state index is -0.240. The molecule has 2 amide bonds. The smallest absolute Gasteiger partial charge is 0.317 e. The highest BCUT2D eigenvalue weighted by molar-refractivity contribution is 5.76. The number of rotatable bonds is 6. The first-order valence-electron chi connectivity index (χ1n) is 8.94. The van der Waals surface area contributed by atoms with Crippen LogP contribution in [0.1, 0.15) is 38.3 Å². The number of nitrogens with one attached hydrogen (secondary N) is 1. The summed E-state index contributed by atoms with van der Waals surface area (Å²) in [6.07, 6.45) is 1.26. The van der Waals surface area contributed by atoms with Crippen molar-refractivity contribution < 1.29 is 23.8 Å². The van der Waals surface area contributed by atoms with E-state index in [1.165, 1.54) is 0 Å². The molecule has 0 aromatic heterocycles. The summed E-state index contributed by atoms with van der Waals surface area (Å²) in [6, 6.07) is 5.11. The molecule has 0 spiro atoms. The van der Waals surface area contributed by atoms with E-state index < -0.39 is 0 Å². The van der Waals surface area contributed by atoms with Gasteiger partial charge in [0, 0.05) is 18.7 Å². The number of esters is 1. The quantitative estimate of drug-likeness (QED) is 0.786. The molecule has 1 aliphatic heterocycles. The van der Waals surface area contributed by atoms with Crippen LogP contribution >= 0.6 is 0 Å². The third-order valence-corrected chi connectivity index (χ3v) is 4.65. The van der Waals surface area contributed by atoms with E-state index in [0.717, 1.165) is 5.56 Å². The summed E-state index contributed by atoms with van der Waals surface area (Å²) in [6.45, 7) is 5.17. The SMILES string of the molecule is CCOC(=O)C1CCN(C(=O)NC(C)c2cc(OC)ccc2OC)CC1. The van der Waals surface area contributed by atoms with Gasteiger partial charge in [-0.2, -0.15) is 0 Å². The van der Waals surface area contributed by atoms with Crippen molar-refractivity contribution >= 4 is 12.0 Å². The van der Waals surface area contributed by atoms with Crippen molar-refractivity contribution in [2.24, 2.45) is 5.92 Å². The second kappa shape index (κ2) is 9.31. The molecule has 0 saturated carbocycles. The lowest BCUT2D eigenvalue weighted by Crippen LogP contribution is -2.46. The van der Waals surface area contributed by atoms with Gasteiger partial charge in [-0.3, -0.25) is 4.79 Å². The lowest BCUT2D eigenvalue weighted by atomic mass is 9.97. The van der Waals surface area contributed by atoms with Gasteiger partial charge in [0.15, 0.2) is 0 Å². The maximum Gasteiger partial charge on any atom is 0.317 e. The maximum absolute atomic E-state index is 12.6. The van der Waals surface area contributed by atoms with Crippen LogP contribution in [0.15, 0.2) is 18.2 Å². The van der Waals surface area contributed by atoms with Crippen LogP contribution in [0.4, 0.5) is 4.79 Å². The Kier molecular flexibility index (Phi) is 7.12. The Bertz CT molecular complexity index is 626. The van der Waals surface area contributed by atoms with E-state index >= 15 is 0 Å². The molecule has 0 radical (unpaired) electrons. The number of methoxy groups -OCH3 is 2. The Morgan fingerprint density at radius 1 is 1.23 bits per heavy atom. The summed E-state index contributed by atoms with van der Waals surface area (Å²) in [4.78, 5) is 26.1. The third-order valence-electron chi connectivity index (χ3n) is 4.65. The second-order valence-corrected chi connectivity index (χ2v) is 6.29. The largest absolute Gasteiger partial charge is 0.497 e. The number of benzene rings is 1. The fourth-order valence-corrected chi connectivity index (χ4v) is 3.11. The minimum absolute atomic E-state index is 0.116. The summed E-state index contributed by atoms with van der Waals surface area (Å²) in [5, 5.41) is 3.00. The Balaban J connectivity index is 1.95. The average molecular weight is 364 g/mol. The molecule has 1 fully saturated rings. The molecule has 144 valence electrons. The predicted octanol–water partition coefficient (Wildman–Crippen LogP) is 2.75. The zero-order chi connectivity index (χ0) is 19.1. The molecule has 26 heavy (non-hydrogen) atoms. The van der Waals surface area contributed by atoms with Crippen LogP contribution in [0, 0.1) is 5.92 Å². The molecule has 1 saturated heterocycles. The number of piperidine rings is 1. The van der Waals surface area contributed by atoms with Gasteiger partial charge in [-0.1, -0.05) is 0 Å². The summed E-state index contributed by atoms with van der Waals surface area (Å²) >= 11 is 0. The van der Waals surface area contributed by atoms with Crippen LogP contribution in [0.25, 0.3) is 0 Å². The minimum Gasteiger partial charge on any atom is -0.497 e. The van der Waals surface area contributed by atoms with E-state index in [1.54, 1.807) is 26.0 Å². The van der Waals surface area contributed by atoms with Gasteiger partial charge in [-0.05, 0) is 44.9 Å². The Hall–Kier alpha value is -2.44. The van der Waals surface area contributed by atoms with Gasteiger partial charge in [-0.25, -0.2) is 4.79 Å². The van der Waals surface area contributed by atoms with Gasteiger partial charge in [0.25, 0.3) is 0 Å². The highest BCUT2D eigenvalue weighted by Gasteiger charge is 2.29. The number of hydrogen-bond donors (Lipinski definition) is 1. The molecule has 1 aliphatic rings. The summed E-state index contributed by atoms with van der Waals surface area (Å²) in [7, 11) is 3.20. The molecule has 0 aliphatic carbocycles. The van der Waals surface area contributed by atoms with E-state index in [4.69, 9.17) is 14.2 Å². The number of hydrogen-bond acceptors (Lipinski definition) is 5. The predicted molar refractivity (Wildman–Crippen MR) is 97.4 cm³/mol. The van der Waals surface area contributed by atoms with Crippen LogP contribution in [0.3, 0.4) is 0 Å². The zero-order valence-electron chi connectivity index (χ0n) is 15.9. The number of amides is 2. The van der Waals surface area contributed by atoms with E-state index in [9.17, 15) is 9.59 Å². The number of likely N-dealkylation sites (tertiary alicyclic amines) is 1. The first-order valence-corrected chi connectivity index (χ1v) is 8.94. The highest BCUT2D eigenvalue weighted by Crippen LogP contribution is 2.29. The van der Waals surface area contributed by atoms with Gasteiger partial charge in [-0.15, -0.1) is 0 Å². The second-order valence-electron chi connectivity index (χ2n) is 6.29. The van der Waals surface area contributed by atoms with Crippen LogP contribution in [-0.2, 0) is 9.53 Å². The fraction of sp³-hybridized carbons (Fsp3) is 0.579. The van der Waals surface area contributed by atoms with Crippen molar-refractivity contribution in [3.63, 3.8) is 0 Å². The maximum atomic E-state index is 12.6. The molecule has 1 heterocycles. The zero-order valence-corrected chi connectivity index (χ0v) is 15.9. The molecule has 7 nitrogen and oxygen atoms in total. The average Bonchev–Trinajstić information content (AvgIpc) is 2.67. The topological polar surface area (TPSA) is 77.1 Å². The van der Waals surface area contributed by atoms with Crippen molar-refractivity contribution in [1.82, 2.24) is 10.2 Å². The van der Waals surface area contributed by atoms with Crippen molar-refractivity contribution in [1.29, 1.82) is 0 Å².